The molecule has 0 aliphatic carbocycles. The number of methoxy groups -OCH3 is 1. The molecular formula is C29H37FN6O2. The summed E-state index contributed by atoms with van der Waals surface area (Å²) in [5.41, 5.74) is 0.993. The first-order valence-corrected chi connectivity index (χ1v) is 13.9. The van der Waals surface area contributed by atoms with Crippen LogP contribution in [0.2, 0.25) is 0 Å². The number of nitrogens with one attached hydrogen (secondary N) is 1. The van der Waals surface area contributed by atoms with E-state index in [2.05, 4.69) is 39.1 Å². The van der Waals surface area contributed by atoms with E-state index in [-0.39, 0.29) is 22.8 Å². The van der Waals surface area contributed by atoms with Crippen LogP contribution in [-0.4, -0.2) is 77.9 Å². The summed E-state index contributed by atoms with van der Waals surface area (Å²) in [6.45, 7) is 5.39. The highest BCUT2D eigenvalue weighted by Gasteiger charge is 2.39. The lowest BCUT2D eigenvalue weighted by molar-refractivity contribution is 0.0828. The standard InChI is InChI=1S/C29H37FN6O2/c1-4-12-29(13-7-14-35(29)2)18-38-28-33-26-22(27(34-28)36-16-19-10-11-20(17-36)32-19)15-31-25(24(26)30)21-8-5-6-9-23(21)37-3/h5-6,8-9,15,19-20,32H,4,7,10-14,16-18H2,1-3H3. The van der Waals surface area contributed by atoms with Crippen LogP contribution < -0.4 is 19.7 Å². The number of para-hydroxylation sites is 1. The SMILES string of the molecule is CCCC1(COc2nc(N3CC4CCC(C3)N4)c3cnc(-c4ccccc4OC)c(F)c3n2)CCCN1C. The predicted molar refractivity (Wildman–Crippen MR) is 146 cm³/mol. The van der Waals surface area contributed by atoms with Crippen molar-refractivity contribution >= 4 is 16.7 Å². The van der Waals surface area contributed by atoms with Crippen molar-refractivity contribution in [1.82, 2.24) is 25.2 Å². The number of piperazine rings is 1. The van der Waals surface area contributed by atoms with Gasteiger partial charge in [0.1, 0.15) is 29.4 Å². The minimum atomic E-state index is -0.486. The molecule has 3 fully saturated rings. The van der Waals surface area contributed by atoms with Gasteiger partial charge >= 0.3 is 6.01 Å². The number of anilines is 1. The van der Waals surface area contributed by atoms with Crippen molar-refractivity contribution in [1.29, 1.82) is 0 Å². The molecule has 1 N–H and O–H groups in total. The summed E-state index contributed by atoms with van der Waals surface area (Å²) in [5, 5.41) is 4.28. The number of fused-ring (bicyclic) bond motifs is 3. The number of pyridine rings is 1. The van der Waals surface area contributed by atoms with Crippen molar-refractivity contribution in [2.75, 3.05) is 45.3 Å². The zero-order chi connectivity index (χ0) is 26.3. The summed E-state index contributed by atoms with van der Waals surface area (Å²) >= 11 is 0. The van der Waals surface area contributed by atoms with Crippen molar-refractivity contribution in [2.24, 2.45) is 0 Å². The third kappa shape index (κ3) is 4.45. The van der Waals surface area contributed by atoms with Crippen LogP contribution in [0.5, 0.6) is 11.8 Å². The first kappa shape index (κ1) is 25.2. The fourth-order valence-corrected chi connectivity index (χ4v) is 6.63. The molecule has 8 nitrogen and oxygen atoms in total. The van der Waals surface area contributed by atoms with Gasteiger partial charge in [-0.05, 0) is 57.8 Å². The molecule has 3 saturated heterocycles. The number of ether oxygens (including phenoxy) is 2. The zero-order valence-corrected chi connectivity index (χ0v) is 22.5. The summed E-state index contributed by atoms with van der Waals surface area (Å²) in [5.74, 6) is 0.777. The molecule has 5 heterocycles. The Balaban J connectivity index is 1.43. The van der Waals surface area contributed by atoms with Crippen molar-refractivity contribution in [2.45, 2.75) is 63.1 Å². The summed E-state index contributed by atoms with van der Waals surface area (Å²) in [7, 11) is 3.74. The van der Waals surface area contributed by atoms with Crippen LogP contribution in [-0.2, 0) is 0 Å². The zero-order valence-electron chi connectivity index (χ0n) is 22.5. The lowest BCUT2D eigenvalue weighted by Gasteiger charge is -2.36. The quantitative estimate of drug-likeness (QED) is 0.468. The van der Waals surface area contributed by atoms with E-state index in [0.29, 0.717) is 41.2 Å². The van der Waals surface area contributed by atoms with Crippen LogP contribution in [0.1, 0.15) is 45.4 Å². The normalized spacial score (nSPS) is 25.3. The number of halogens is 1. The number of nitrogens with zero attached hydrogens (tertiary/aromatic N) is 5. The summed E-state index contributed by atoms with van der Waals surface area (Å²) in [6, 6.07) is 8.38. The van der Waals surface area contributed by atoms with Gasteiger partial charge in [0.15, 0.2) is 5.82 Å². The van der Waals surface area contributed by atoms with E-state index in [4.69, 9.17) is 14.5 Å². The van der Waals surface area contributed by atoms with Crippen molar-refractivity contribution in [3.8, 4) is 23.0 Å². The molecule has 0 spiro atoms. The van der Waals surface area contributed by atoms with Gasteiger partial charge < -0.3 is 19.7 Å². The van der Waals surface area contributed by atoms with E-state index in [1.807, 2.05) is 24.3 Å². The Hall–Kier alpha value is -3.04. The van der Waals surface area contributed by atoms with Crippen LogP contribution in [0, 0.1) is 5.82 Å². The molecule has 3 aromatic rings. The Morgan fingerprint density at radius 3 is 2.66 bits per heavy atom. The molecule has 3 aliphatic heterocycles. The van der Waals surface area contributed by atoms with Gasteiger partial charge in [0, 0.05) is 36.9 Å². The van der Waals surface area contributed by atoms with Gasteiger partial charge in [0.25, 0.3) is 0 Å². The molecule has 6 rings (SSSR count). The minimum Gasteiger partial charge on any atom is -0.496 e. The van der Waals surface area contributed by atoms with E-state index in [9.17, 15) is 0 Å². The third-order valence-electron chi connectivity index (χ3n) is 8.65. The third-order valence-corrected chi connectivity index (χ3v) is 8.65. The smallest absolute Gasteiger partial charge is 0.319 e. The van der Waals surface area contributed by atoms with Gasteiger partial charge in [0.2, 0.25) is 0 Å². The second-order valence-corrected chi connectivity index (χ2v) is 11.0. The second-order valence-electron chi connectivity index (χ2n) is 11.0. The Bertz CT molecular complexity index is 1310. The molecule has 202 valence electrons. The maximum absolute atomic E-state index is 16.3. The fourth-order valence-electron chi connectivity index (χ4n) is 6.63. The number of hydrogen-bond donors (Lipinski definition) is 1. The number of rotatable bonds is 8. The lowest BCUT2D eigenvalue weighted by Crippen LogP contribution is -2.51. The number of aromatic nitrogens is 3. The highest BCUT2D eigenvalue weighted by molar-refractivity contribution is 5.92. The average Bonchev–Trinajstić information content (AvgIpc) is 3.47. The molecule has 0 amide bonds. The van der Waals surface area contributed by atoms with Gasteiger partial charge in [0.05, 0.1) is 18.0 Å². The number of likely N-dealkylation sites (tertiary alicyclic amines) is 1. The largest absolute Gasteiger partial charge is 0.496 e. The van der Waals surface area contributed by atoms with Crippen LogP contribution in [0.15, 0.2) is 30.5 Å². The fraction of sp³-hybridized carbons (Fsp3) is 0.552. The Morgan fingerprint density at radius 1 is 1.16 bits per heavy atom. The van der Waals surface area contributed by atoms with E-state index >= 15 is 4.39 Å². The summed E-state index contributed by atoms with van der Waals surface area (Å²) in [4.78, 5) is 18.7. The molecule has 0 saturated carbocycles. The molecule has 38 heavy (non-hydrogen) atoms. The predicted octanol–water partition coefficient (Wildman–Crippen LogP) is 4.42. The lowest BCUT2D eigenvalue weighted by atomic mass is 9.92. The number of hydrogen-bond acceptors (Lipinski definition) is 8. The maximum Gasteiger partial charge on any atom is 0.319 e. The molecule has 3 aliphatic rings. The van der Waals surface area contributed by atoms with Gasteiger partial charge in [-0.15, -0.1) is 0 Å². The molecule has 3 unspecified atom stereocenters. The highest BCUT2D eigenvalue weighted by Crippen LogP contribution is 2.37. The second kappa shape index (κ2) is 10.3. The number of benzene rings is 1. The molecule has 3 atom stereocenters. The monoisotopic (exact) mass is 520 g/mol. The number of likely N-dealkylation sites (N-methyl/N-ethyl adjacent to an activating group) is 1. The average molecular weight is 521 g/mol. The molecule has 0 radical (unpaired) electrons. The minimum absolute atomic E-state index is 0.0409. The maximum atomic E-state index is 16.3. The van der Waals surface area contributed by atoms with Crippen LogP contribution in [0.4, 0.5) is 10.2 Å². The Kier molecular flexibility index (Phi) is 6.82. The molecular weight excluding hydrogens is 483 g/mol. The summed E-state index contributed by atoms with van der Waals surface area (Å²) in [6.07, 6.45) is 8.33. The summed E-state index contributed by atoms with van der Waals surface area (Å²) < 4.78 is 28.1. The highest BCUT2D eigenvalue weighted by atomic mass is 19.1. The first-order chi connectivity index (χ1) is 18.5. The topological polar surface area (TPSA) is 75.6 Å². The van der Waals surface area contributed by atoms with Gasteiger partial charge in [-0.3, -0.25) is 9.88 Å². The van der Waals surface area contributed by atoms with Gasteiger partial charge in [-0.25, -0.2) is 4.39 Å². The van der Waals surface area contributed by atoms with Crippen LogP contribution in [0.3, 0.4) is 0 Å². The van der Waals surface area contributed by atoms with Crippen molar-refractivity contribution < 1.29 is 13.9 Å². The van der Waals surface area contributed by atoms with Crippen LogP contribution >= 0.6 is 0 Å². The molecule has 2 bridgehead atoms. The van der Waals surface area contributed by atoms with E-state index in [0.717, 1.165) is 58.2 Å². The molecule has 1 aromatic carbocycles. The van der Waals surface area contributed by atoms with Crippen LogP contribution in [0.25, 0.3) is 22.2 Å². The molecule has 9 heteroatoms. The van der Waals surface area contributed by atoms with E-state index < -0.39 is 5.82 Å². The van der Waals surface area contributed by atoms with Crippen molar-refractivity contribution in [3.63, 3.8) is 0 Å². The van der Waals surface area contributed by atoms with Gasteiger partial charge in [-0.1, -0.05) is 25.5 Å². The van der Waals surface area contributed by atoms with Crippen molar-refractivity contribution in [3.05, 3.63) is 36.3 Å². The van der Waals surface area contributed by atoms with Gasteiger partial charge in [-0.2, -0.15) is 9.97 Å². The first-order valence-electron chi connectivity index (χ1n) is 13.9. The molecule has 2 aromatic heterocycles. The Morgan fingerprint density at radius 2 is 1.95 bits per heavy atom. The van der Waals surface area contributed by atoms with E-state index in [1.54, 1.807) is 13.3 Å². The Labute approximate surface area is 223 Å². The van der Waals surface area contributed by atoms with E-state index in [1.165, 1.54) is 0 Å².